The van der Waals surface area contributed by atoms with Crippen LogP contribution in [0.5, 0.6) is 0 Å². The van der Waals surface area contributed by atoms with E-state index in [0.29, 0.717) is 10.7 Å². The molecule has 116 valence electrons. The summed E-state index contributed by atoms with van der Waals surface area (Å²) in [5.74, 6) is 0. The fourth-order valence-electron chi connectivity index (χ4n) is 3.24. The normalized spacial score (nSPS) is 17.8. The Labute approximate surface area is 134 Å². The van der Waals surface area contributed by atoms with Crippen LogP contribution in [0.1, 0.15) is 45.1 Å². The average molecular weight is 355 g/mol. The first-order valence-corrected chi connectivity index (χ1v) is 8.75. The van der Waals surface area contributed by atoms with Gasteiger partial charge in [0.25, 0.3) is 5.69 Å². The van der Waals surface area contributed by atoms with E-state index in [0.717, 1.165) is 37.2 Å². The summed E-state index contributed by atoms with van der Waals surface area (Å²) in [6.45, 7) is 6.34. The van der Waals surface area contributed by atoms with Gasteiger partial charge in [0.1, 0.15) is 5.69 Å². The molecule has 0 amide bonds. The fourth-order valence-corrected chi connectivity index (χ4v) is 3.59. The van der Waals surface area contributed by atoms with Gasteiger partial charge in [-0.25, -0.2) is 0 Å². The van der Waals surface area contributed by atoms with Crippen LogP contribution in [0.15, 0.2) is 18.2 Å². The topological polar surface area (TPSA) is 46.4 Å². The van der Waals surface area contributed by atoms with Gasteiger partial charge in [-0.2, -0.15) is 0 Å². The number of alkyl halides is 1. The molecule has 0 spiro atoms. The highest BCUT2D eigenvalue weighted by Gasteiger charge is 2.33. The second kappa shape index (κ2) is 6.77. The minimum absolute atomic E-state index is 0.229. The molecule has 0 aliphatic carbocycles. The van der Waals surface area contributed by atoms with Crippen LogP contribution in [-0.4, -0.2) is 18.0 Å². The number of halogens is 1. The van der Waals surface area contributed by atoms with Crippen LogP contribution in [0.3, 0.4) is 0 Å². The van der Waals surface area contributed by atoms with Gasteiger partial charge in [0, 0.05) is 24.5 Å². The summed E-state index contributed by atoms with van der Waals surface area (Å²) in [7, 11) is 0. The van der Waals surface area contributed by atoms with Gasteiger partial charge in [-0.05, 0) is 29.9 Å². The third-order valence-corrected chi connectivity index (χ3v) is 5.70. The molecule has 0 unspecified atom stereocenters. The highest BCUT2D eigenvalue weighted by atomic mass is 79.9. The standard InChI is InChI=1S/C16H23BrN2O2/c1-3-16(4-2)7-9-18(10-8-16)14-6-5-13(12-17)11-15(14)19(20)21/h5-6,11H,3-4,7-10,12H2,1-2H3. The van der Waals surface area contributed by atoms with E-state index in [9.17, 15) is 10.1 Å². The Kier molecular flexibility index (Phi) is 5.25. The quantitative estimate of drug-likeness (QED) is 0.429. The average Bonchev–Trinajstić information content (AvgIpc) is 2.54. The number of anilines is 1. The van der Waals surface area contributed by atoms with E-state index in [1.807, 2.05) is 12.1 Å². The van der Waals surface area contributed by atoms with Gasteiger partial charge >= 0.3 is 0 Å². The largest absolute Gasteiger partial charge is 0.366 e. The zero-order valence-corrected chi connectivity index (χ0v) is 14.4. The summed E-state index contributed by atoms with van der Waals surface area (Å²) in [5, 5.41) is 12.0. The third-order valence-electron chi connectivity index (χ3n) is 5.06. The number of hydrogen-bond donors (Lipinski definition) is 0. The van der Waals surface area contributed by atoms with Crippen molar-refractivity contribution in [2.45, 2.75) is 44.9 Å². The zero-order chi connectivity index (χ0) is 15.5. The summed E-state index contributed by atoms with van der Waals surface area (Å²) in [6, 6.07) is 5.56. The molecule has 0 bridgehead atoms. The van der Waals surface area contributed by atoms with Crippen LogP contribution in [0, 0.1) is 15.5 Å². The molecule has 1 heterocycles. The third kappa shape index (κ3) is 3.39. The molecule has 4 nitrogen and oxygen atoms in total. The van der Waals surface area contributed by atoms with Crippen molar-refractivity contribution in [3.05, 3.63) is 33.9 Å². The highest BCUT2D eigenvalue weighted by molar-refractivity contribution is 9.08. The minimum Gasteiger partial charge on any atom is -0.366 e. The first-order chi connectivity index (χ1) is 10.0. The molecule has 1 aromatic rings. The Hall–Kier alpha value is -1.10. The van der Waals surface area contributed by atoms with E-state index < -0.39 is 0 Å². The molecule has 1 aliphatic rings. The molecule has 2 rings (SSSR count). The summed E-state index contributed by atoms with van der Waals surface area (Å²) in [6.07, 6.45) is 4.64. The molecule has 5 heteroatoms. The Morgan fingerprint density at radius 3 is 2.38 bits per heavy atom. The maximum atomic E-state index is 11.3. The van der Waals surface area contributed by atoms with Gasteiger partial charge in [0.15, 0.2) is 0 Å². The second-order valence-corrected chi connectivity index (χ2v) is 6.47. The molecule has 0 aromatic heterocycles. The lowest BCUT2D eigenvalue weighted by molar-refractivity contribution is -0.384. The summed E-state index contributed by atoms with van der Waals surface area (Å²) in [4.78, 5) is 13.3. The zero-order valence-electron chi connectivity index (χ0n) is 12.8. The van der Waals surface area contributed by atoms with Crippen LogP contribution < -0.4 is 4.90 Å². The monoisotopic (exact) mass is 354 g/mol. The van der Waals surface area contributed by atoms with Crippen LogP contribution in [-0.2, 0) is 5.33 Å². The number of hydrogen-bond acceptors (Lipinski definition) is 3. The van der Waals surface area contributed by atoms with Crippen LogP contribution in [0.25, 0.3) is 0 Å². The summed E-state index contributed by atoms with van der Waals surface area (Å²) in [5.41, 5.74) is 2.37. The molecule has 1 fully saturated rings. The van der Waals surface area contributed by atoms with Gasteiger partial charge in [-0.1, -0.05) is 48.7 Å². The van der Waals surface area contributed by atoms with E-state index in [-0.39, 0.29) is 10.6 Å². The molecule has 0 N–H and O–H groups in total. The predicted molar refractivity (Wildman–Crippen MR) is 90.2 cm³/mol. The van der Waals surface area contributed by atoms with E-state index in [2.05, 4.69) is 34.7 Å². The molecular weight excluding hydrogens is 332 g/mol. The first-order valence-electron chi connectivity index (χ1n) is 7.63. The van der Waals surface area contributed by atoms with Gasteiger partial charge in [0.05, 0.1) is 4.92 Å². The van der Waals surface area contributed by atoms with Gasteiger partial charge < -0.3 is 4.90 Å². The number of nitro groups is 1. The van der Waals surface area contributed by atoms with Crippen LogP contribution >= 0.6 is 15.9 Å². The molecule has 0 saturated carbocycles. The number of nitro benzene ring substituents is 1. The Morgan fingerprint density at radius 2 is 1.90 bits per heavy atom. The van der Waals surface area contributed by atoms with Crippen molar-refractivity contribution in [2.75, 3.05) is 18.0 Å². The number of benzene rings is 1. The van der Waals surface area contributed by atoms with Crippen molar-refractivity contribution < 1.29 is 4.92 Å². The maximum absolute atomic E-state index is 11.3. The van der Waals surface area contributed by atoms with E-state index in [1.165, 1.54) is 12.8 Å². The van der Waals surface area contributed by atoms with Crippen LogP contribution in [0.4, 0.5) is 11.4 Å². The number of rotatable bonds is 5. The Balaban J connectivity index is 2.22. The molecule has 0 radical (unpaired) electrons. The first kappa shape index (κ1) is 16.3. The number of nitrogens with zero attached hydrogens (tertiary/aromatic N) is 2. The Bertz CT molecular complexity index is 505. The van der Waals surface area contributed by atoms with E-state index in [1.54, 1.807) is 6.07 Å². The highest BCUT2D eigenvalue weighted by Crippen LogP contribution is 2.41. The molecule has 1 aromatic carbocycles. The van der Waals surface area contributed by atoms with Crippen molar-refractivity contribution in [3.63, 3.8) is 0 Å². The van der Waals surface area contributed by atoms with Crippen LogP contribution in [0.2, 0.25) is 0 Å². The van der Waals surface area contributed by atoms with Crippen molar-refractivity contribution in [1.29, 1.82) is 0 Å². The lowest BCUT2D eigenvalue weighted by Gasteiger charge is -2.41. The van der Waals surface area contributed by atoms with Gasteiger partial charge in [-0.15, -0.1) is 0 Å². The SMILES string of the molecule is CCC1(CC)CCN(c2ccc(CBr)cc2[N+](=O)[O-])CC1. The van der Waals surface area contributed by atoms with E-state index in [4.69, 9.17) is 0 Å². The Morgan fingerprint density at radius 1 is 1.29 bits per heavy atom. The lowest BCUT2D eigenvalue weighted by atomic mass is 9.74. The van der Waals surface area contributed by atoms with Crippen molar-refractivity contribution >= 4 is 27.3 Å². The minimum atomic E-state index is -0.261. The second-order valence-electron chi connectivity index (χ2n) is 5.91. The summed E-state index contributed by atoms with van der Waals surface area (Å²) >= 11 is 3.36. The molecule has 21 heavy (non-hydrogen) atoms. The van der Waals surface area contributed by atoms with E-state index >= 15 is 0 Å². The predicted octanol–water partition coefficient (Wildman–Crippen LogP) is 4.90. The lowest BCUT2D eigenvalue weighted by Crippen LogP contribution is -2.39. The fraction of sp³-hybridized carbons (Fsp3) is 0.625. The van der Waals surface area contributed by atoms with Gasteiger partial charge in [-0.3, -0.25) is 10.1 Å². The number of piperidine rings is 1. The van der Waals surface area contributed by atoms with Crippen molar-refractivity contribution in [2.24, 2.45) is 5.41 Å². The molecule has 0 atom stereocenters. The van der Waals surface area contributed by atoms with Crippen molar-refractivity contribution in [1.82, 2.24) is 0 Å². The summed E-state index contributed by atoms with van der Waals surface area (Å²) < 4.78 is 0. The van der Waals surface area contributed by atoms with Gasteiger partial charge in [0.2, 0.25) is 0 Å². The molecular formula is C16H23BrN2O2. The smallest absolute Gasteiger partial charge is 0.292 e. The van der Waals surface area contributed by atoms with Crippen molar-refractivity contribution in [3.8, 4) is 0 Å². The maximum Gasteiger partial charge on any atom is 0.292 e. The molecule has 1 saturated heterocycles. The molecule has 1 aliphatic heterocycles.